The smallest absolute Gasteiger partial charge is 0.133 e. The molecule has 0 spiro atoms. The van der Waals surface area contributed by atoms with Gasteiger partial charge in [0.1, 0.15) is 5.75 Å². The van der Waals surface area contributed by atoms with Crippen molar-refractivity contribution in [2.24, 2.45) is 0 Å². The average Bonchev–Trinajstić information content (AvgIpc) is 3.09. The summed E-state index contributed by atoms with van der Waals surface area (Å²) in [5.74, 6) is 0.942. The molecule has 1 saturated carbocycles. The van der Waals surface area contributed by atoms with Crippen molar-refractivity contribution in [3.05, 3.63) is 28.7 Å². The summed E-state index contributed by atoms with van der Waals surface area (Å²) in [6.45, 7) is 1.93. The zero-order valence-corrected chi connectivity index (χ0v) is 11.0. The number of para-hydroxylation sites is 1. The minimum absolute atomic E-state index is 0.801. The predicted molar refractivity (Wildman–Crippen MR) is 69.9 cm³/mol. The van der Waals surface area contributed by atoms with E-state index in [2.05, 4.69) is 21.2 Å². The van der Waals surface area contributed by atoms with Gasteiger partial charge in [-0.25, -0.2) is 0 Å². The van der Waals surface area contributed by atoms with Crippen LogP contribution >= 0.6 is 15.9 Å². The van der Waals surface area contributed by atoms with Crippen LogP contribution in [0.4, 0.5) is 0 Å². The maximum Gasteiger partial charge on any atom is 0.133 e. The molecule has 0 bridgehead atoms. The summed E-state index contributed by atoms with van der Waals surface area (Å²) in [5.41, 5.74) is 0. The predicted octanol–water partition coefficient (Wildman–Crippen LogP) is 3.36. The molecule has 88 valence electrons. The molecule has 1 aliphatic carbocycles. The van der Waals surface area contributed by atoms with E-state index in [4.69, 9.17) is 4.74 Å². The standard InChI is InChI=1S/C13H18BrNO/c14-12-5-1-2-6-13(12)16-10-4-3-9-15-11-7-8-11/h1-2,5-6,11,15H,3-4,7-10H2. The second-order valence-corrected chi connectivity index (χ2v) is 5.07. The SMILES string of the molecule is Brc1ccccc1OCCCCNC1CC1. The Hall–Kier alpha value is -0.540. The van der Waals surface area contributed by atoms with E-state index in [1.807, 2.05) is 24.3 Å². The number of hydrogen-bond acceptors (Lipinski definition) is 2. The minimum atomic E-state index is 0.801. The van der Waals surface area contributed by atoms with Gasteiger partial charge in [-0.1, -0.05) is 12.1 Å². The van der Waals surface area contributed by atoms with Gasteiger partial charge in [0.2, 0.25) is 0 Å². The molecule has 0 unspecified atom stereocenters. The molecule has 2 nitrogen and oxygen atoms in total. The molecule has 1 aromatic rings. The third-order valence-corrected chi connectivity index (χ3v) is 3.33. The molecule has 0 aliphatic heterocycles. The van der Waals surface area contributed by atoms with E-state index in [1.165, 1.54) is 19.3 Å². The summed E-state index contributed by atoms with van der Waals surface area (Å²) in [4.78, 5) is 0. The van der Waals surface area contributed by atoms with Gasteiger partial charge < -0.3 is 10.1 Å². The van der Waals surface area contributed by atoms with Crippen LogP contribution in [-0.2, 0) is 0 Å². The largest absolute Gasteiger partial charge is 0.492 e. The number of unbranched alkanes of at least 4 members (excludes halogenated alkanes) is 1. The van der Waals surface area contributed by atoms with Crippen LogP contribution in [0, 0.1) is 0 Å². The van der Waals surface area contributed by atoms with Gasteiger partial charge in [-0.05, 0) is 60.3 Å². The Bertz CT molecular complexity index is 325. The average molecular weight is 284 g/mol. The lowest BCUT2D eigenvalue weighted by atomic mass is 10.3. The molecule has 2 rings (SSSR count). The highest BCUT2D eigenvalue weighted by Gasteiger charge is 2.19. The Morgan fingerprint density at radius 2 is 2.06 bits per heavy atom. The number of benzene rings is 1. The van der Waals surface area contributed by atoms with Gasteiger partial charge in [-0.15, -0.1) is 0 Å². The van der Waals surface area contributed by atoms with Gasteiger partial charge in [0.25, 0.3) is 0 Å². The second-order valence-electron chi connectivity index (χ2n) is 4.21. The summed E-state index contributed by atoms with van der Waals surface area (Å²) in [5, 5.41) is 3.50. The maximum absolute atomic E-state index is 5.68. The van der Waals surface area contributed by atoms with Crippen molar-refractivity contribution in [3.63, 3.8) is 0 Å². The van der Waals surface area contributed by atoms with E-state index in [1.54, 1.807) is 0 Å². The van der Waals surface area contributed by atoms with E-state index in [-0.39, 0.29) is 0 Å². The fraction of sp³-hybridized carbons (Fsp3) is 0.538. The third-order valence-electron chi connectivity index (χ3n) is 2.68. The van der Waals surface area contributed by atoms with Gasteiger partial charge in [-0.2, -0.15) is 0 Å². The van der Waals surface area contributed by atoms with E-state index in [9.17, 15) is 0 Å². The molecule has 0 radical (unpaired) electrons. The van der Waals surface area contributed by atoms with Crippen LogP contribution in [0.5, 0.6) is 5.75 Å². The summed E-state index contributed by atoms with van der Waals surface area (Å²) < 4.78 is 6.72. The van der Waals surface area contributed by atoms with E-state index in [0.29, 0.717) is 0 Å². The molecular formula is C13H18BrNO. The number of ether oxygens (including phenoxy) is 1. The molecule has 3 heteroatoms. The normalized spacial score (nSPS) is 15.1. The highest BCUT2D eigenvalue weighted by atomic mass is 79.9. The van der Waals surface area contributed by atoms with E-state index >= 15 is 0 Å². The zero-order valence-electron chi connectivity index (χ0n) is 9.42. The molecule has 0 saturated heterocycles. The van der Waals surface area contributed by atoms with Crippen LogP contribution in [0.25, 0.3) is 0 Å². The summed E-state index contributed by atoms with van der Waals surface area (Å²) in [6, 6.07) is 8.81. The zero-order chi connectivity index (χ0) is 11.2. The highest BCUT2D eigenvalue weighted by Crippen LogP contribution is 2.23. The molecule has 0 heterocycles. The quantitative estimate of drug-likeness (QED) is 0.775. The Balaban J connectivity index is 1.55. The van der Waals surface area contributed by atoms with Crippen molar-refractivity contribution in [2.75, 3.05) is 13.2 Å². The Labute approximate surface area is 106 Å². The number of halogens is 1. The van der Waals surface area contributed by atoms with Gasteiger partial charge in [0, 0.05) is 6.04 Å². The van der Waals surface area contributed by atoms with E-state index < -0.39 is 0 Å². The molecule has 16 heavy (non-hydrogen) atoms. The number of hydrogen-bond donors (Lipinski definition) is 1. The molecule has 1 aliphatic rings. The maximum atomic E-state index is 5.68. The van der Waals surface area contributed by atoms with Crippen molar-refractivity contribution in [2.45, 2.75) is 31.7 Å². The fourth-order valence-electron chi connectivity index (χ4n) is 1.56. The Morgan fingerprint density at radius 1 is 1.25 bits per heavy atom. The first-order chi connectivity index (χ1) is 7.86. The molecule has 0 amide bonds. The molecule has 1 fully saturated rings. The number of nitrogens with one attached hydrogen (secondary N) is 1. The second kappa shape index (κ2) is 6.26. The van der Waals surface area contributed by atoms with Gasteiger partial charge >= 0.3 is 0 Å². The van der Waals surface area contributed by atoms with Gasteiger partial charge in [0.15, 0.2) is 0 Å². The van der Waals surface area contributed by atoms with Crippen LogP contribution in [0.3, 0.4) is 0 Å². The summed E-state index contributed by atoms with van der Waals surface area (Å²) >= 11 is 3.47. The Morgan fingerprint density at radius 3 is 2.81 bits per heavy atom. The van der Waals surface area contributed by atoms with Crippen LogP contribution in [-0.4, -0.2) is 19.2 Å². The number of rotatable bonds is 7. The minimum Gasteiger partial charge on any atom is -0.492 e. The molecular weight excluding hydrogens is 266 g/mol. The first-order valence-electron chi connectivity index (χ1n) is 5.97. The van der Waals surface area contributed by atoms with Crippen LogP contribution in [0.1, 0.15) is 25.7 Å². The fourth-order valence-corrected chi connectivity index (χ4v) is 1.96. The molecule has 1 aromatic carbocycles. The van der Waals surface area contributed by atoms with E-state index in [0.717, 1.165) is 35.8 Å². The van der Waals surface area contributed by atoms with Crippen LogP contribution in [0.2, 0.25) is 0 Å². The lowest BCUT2D eigenvalue weighted by molar-refractivity contribution is 0.304. The van der Waals surface area contributed by atoms with Crippen molar-refractivity contribution >= 4 is 15.9 Å². The third kappa shape index (κ3) is 4.14. The lowest BCUT2D eigenvalue weighted by Crippen LogP contribution is -2.17. The summed E-state index contributed by atoms with van der Waals surface area (Å²) in [7, 11) is 0. The Kier molecular flexibility index (Phi) is 4.67. The van der Waals surface area contributed by atoms with Gasteiger partial charge in [-0.3, -0.25) is 0 Å². The molecule has 0 aromatic heterocycles. The highest BCUT2D eigenvalue weighted by molar-refractivity contribution is 9.10. The monoisotopic (exact) mass is 283 g/mol. The first kappa shape index (κ1) is 11.9. The van der Waals surface area contributed by atoms with Crippen molar-refractivity contribution in [1.82, 2.24) is 5.32 Å². The summed E-state index contributed by atoms with van der Waals surface area (Å²) in [6.07, 6.45) is 5.04. The van der Waals surface area contributed by atoms with Crippen molar-refractivity contribution < 1.29 is 4.74 Å². The van der Waals surface area contributed by atoms with Crippen LogP contribution < -0.4 is 10.1 Å². The molecule has 1 N–H and O–H groups in total. The molecule has 0 atom stereocenters. The topological polar surface area (TPSA) is 21.3 Å². The van der Waals surface area contributed by atoms with Crippen molar-refractivity contribution in [3.8, 4) is 5.75 Å². The lowest BCUT2D eigenvalue weighted by Gasteiger charge is -2.07. The first-order valence-corrected chi connectivity index (χ1v) is 6.76. The van der Waals surface area contributed by atoms with Crippen LogP contribution in [0.15, 0.2) is 28.7 Å². The van der Waals surface area contributed by atoms with Crippen molar-refractivity contribution in [1.29, 1.82) is 0 Å². The van der Waals surface area contributed by atoms with Gasteiger partial charge in [0.05, 0.1) is 11.1 Å².